The van der Waals surface area contributed by atoms with Gasteiger partial charge in [-0.25, -0.2) is 15.0 Å². The van der Waals surface area contributed by atoms with Gasteiger partial charge >= 0.3 is 0 Å². The smallest absolute Gasteiger partial charge is 0.277 e. The lowest BCUT2D eigenvalue weighted by Gasteiger charge is -2.23. The highest BCUT2D eigenvalue weighted by atomic mass is 32.1. The third-order valence-electron chi connectivity index (χ3n) is 6.13. The van der Waals surface area contributed by atoms with Crippen molar-refractivity contribution in [3.63, 3.8) is 0 Å². The fourth-order valence-electron chi connectivity index (χ4n) is 4.36. The minimum Gasteiger partial charge on any atom is -0.374 e. The van der Waals surface area contributed by atoms with Crippen molar-refractivity contribution in [2.45, 2.75) is 46.4 Å². The van der Waals surface area contributed by atoms with E-state index in [9.17, 15) is 4.79 Å². The molecule has 2 atom stereocenters. The lowest BCUT2D eigenvalue weighted by atomic mass is 10.1. The predicted octanol–water partition coefficient (Wildman–Crippen LogP) is 3.17. The van der Waals surface area contributed by atoms with Gasteiger partial charge in [-0.15, -0.1) is 11.3 Å². The fourth-order valence-corrected chi connectivity index (χ4v) is 5.02. The number of rotatable bonds is 8. The summed E-state index contributed by atoms with van der Waals surface area (Å²) < 4.78 is 7.74. The van der Waals surface area contributed by atoms with E-state index in [-0.39, 0.29) is 17.7 Å². The van der Waals surface area contributed by atoms with Gasteiger partial charge in [-0.2, -0.15) is 0 Å². The van der Waals surface area contributed by atoms with Crippen molar-refractivity contribution in [3.05, 3.63) is 45.5 Å². The summed E-state index contributed by atoms with van der Waals surface area (Å²) in [7, 11) is 3.92. The van der Waals surface area contributed by atoms with E-state index in [0.29, 0.717) is 36.9 Å². The third kappa shape index (κ3) is 4.65. The highest BCUT2D eigenvalue weighted by Crippen LogP contribution is 2.28. The Morgan fingerprint density at radius 2 is 2.03 bits per heavy atom. The minimum absolute atomic E-state index is 0.0454. The molecule has 0 unspecified atom stereocenters. The zero-order valence-corrected chi connectivity index (χ0v) is 21.5. The molecule has 4 heterocycles. The van der Waals surface area contributed by atoms with E-state index in [1.54, 1.807) is 22.1 Å². The lowest BCUT2D eigenvalue weighted by Crippen LogP contribution is -2.38. The highest BCUT2D eigenvalue weighted by Gasteiger charge is 2.35. The molecule has 3 aromatic heterocycles. The number of anilines is 3. The molecule has 1 aliphatic heterocycles. The number of thiazole rings is 1. The molecular weight excluding hydrogens is 450 g/mol. The number of hydrogen-bond acceptors (Lipinski definition) is 9. The van der Waals surface area contributed by atoms with E-state index in [1.807, 2.05) is 64.3 Å². The van der Waals surface area contributed by atoms with Crippen LogP contribution < -0.4 is 20.7 Å². The van der Waals surface area contributed by atoms with Crippen LogP contribution in [0.3, 0.4) is 0 Å². The van der Waals surface area contributed by atoms with Crippen LogP contribution in [-0.4, -0.2) is 65.5 Å². The topological polar surface area (TPSA) is 88.4 Å². The second-order valence-electron chi connectivity index (χ2n) is 8.66. The molecule has 9 nitrogen and oxygen atoms in total. The van der Waals surface area contributed by atoms with E-state index in [1.165, 1.54) is 0 Å². The summed E-state index contributed by atoms with van der Waals surface area (Å²) in [6.45, 7) is 10.4. The molecule has 4 rings (SSSR count). The molecular formula is C24H33N7O2S. The van der Waals surface area contributed by atoms with Gasteiger partial charge in [-0.3, -0.25) is 9.36 Å². The molecule has 1 aliphatic rings. The molecule has 10 heteroatoms. The van der Waals surface area contributed by atoms with Gasteiger partial charge in [0.25, 0.3) is 5.56 Å². The number of nitrogens with one attached hydrogen (secondary N) is 1. The van der Waals surface area contributed by atoms with Crippen molar-refractivity contribution in [3.8, 4) is 11.4 Å². The first-order valence-electron chi connectivity index (χ1n) is 11.6. The van der Waals surface area contributed by atoms with Crippen LogP contribution in [0.1, 0.15) is 25.1 Å². The molecule has 0 saturated carbocycles. The Morgan fingerprint density at radius 1 is 1.24 bits per heavy atom. The molecule has 34 heavy (non-hydrogen) atoms. The Hall–Kier alpha value is -2.98. The van der Waals surface area contributed by atoms with Gasteiger partial charge in [0, 0.05) is 63.7 Å². The number of pyridine rings is 1. The number of ether oxygens (including phenoxy) is 1. The second-order valence-corrected chi connectivity index (χ2v) is 9.53. The Balaban J connectivity index is 1.68. The first-order valence-corrected chi connectivity index (χ1v) is 12.5. The van der Waals surface area contributed by atoms with Gasteiger partial charge in [0.05, 0.1) is 17.8 Å². The van der Waals surface area contributed by atoms with Crippen molar-refractivity contribution < 1.29 is 4.74 Å². The number of aromatic nitrogens is 4. The van der Waals surface area contributed by atoms with Crippen molar-refractivity contribution >= 4 is 28.0 Å². The molecule has 182 valence electrons. The van der Waals surface area contributed by atoms with Crippen molar-refractivity contribution in [2.24, 2.45) is 0 Å². The first-order chi connectivity index (χ1) is 16.3. The van der Waals surface area contributed by atoms with Gasteiger partial charge < -0.3 is 19.9 Å². The normalized spacial score (nSPS) is 17.9. The average Bonchev–Trinajstić information content (AvgIpc) is 3.47. The molecule has 0 aliphatic carbocycles. The maximum atomic E-state index is 13.6. The maximum Gasteiger partial charge on any atom is 0.277 e. The van der Waals surface area contributed by atoms with Crippen LogP contribution in [0.5, 0.6) is 0 Å². The van der Waals surface area contributed by atoms with Crippen molar-refractivity contribution in [2.75, 3.05) is 48.9 Å². The van der Waals surface area contributed by atoms with E-state index < -0.39 is 0 Å². The predicted molar refractivity (Wildman–Crippen MR) is 138 cm³/mol. The standard InChI is InChI=1S/C24H33N7O2S/c1-7-31-22(17-12-26-20(29(5)6)11-15(17)3)27-16(4)21(23(31)32)28-18-13-30(14-19(18)33-8-2)24-25-9-10-34-24/h9-12,18-19,28H,7-8,13-14H2,1-6H3/t18-,19-/m1/s1. The van der Waals surface area contributed by atoms with E-state index in [0.717, 1.165) is 28.6 Å². The SMILES string of the molecule is CCO[C@@H]1CN(c2nccs2)C[C@H]1Nc1c(C)nc(-c2cnc(N(C)C)cc2C)n(CC)c1=O. The van der Waals surface area contributed by atoms with Gasteiger partial charge in [-0.05, 0) is 39.3 Å². The number of nitrogens with zero attached hydrogens (tertiary/aromatic N) is 6. The quantitative estimate of drug-likeness (QED) is 0.523. The zero-order chi connectivity index (χ0) is 24.4. The third-order valence-corrected chi connectivity index (χ3v) is 6.96. The molecule has 0 spiro atoms. The molecule has 0 bridgehead atoms. The number of aryl methyl sites for hydroxylation is 2. The van der Waals surface area contributed by atoms with Gasteiger partial charge in [0.1, 0.15) is 17.3 Å². The van der Waals surface area contributed by atoms with Crippen LogP contribution >= 0.6 is 11.3 Å². The molecule has 0 radical (unpaired) electrons. The van der Waals surface area contributed by atoms with E-state index >= 15 is 0 Å². The first kappa shape index (κ1) is 24.2. The van der Waals surface area contributed by atoms with Crippen LogP contribution in [0.4, 0.5) is 16.6 Å². The Kier molecular flexibility index (Phi) is 7.18. The summed E-state index contributed by atoms with van der Waals surface area (Å²) in [5.41, 5.74) is 3.01. The Morgan fingerprint density at radius 3 is 2.65 bits per heavy atom. The van der Waals surface area contributed by atoms with Crippen molar-refractivity contribution in [1.82, 2.24) is 19.5 Å². The molecule has 0 amide bonds. The van der Waals surface area contributed by atoms with Crippen LogP contribution in [0.2, 0.25) is 0 Å². The summed E-state index contributed by atoms with van der Waals surface area (Å²) in [5.74, 6) is 1.51. The highest BCUT2D eigenvalue weighted by molar-refractivity contribution is 7.13. The van der Waals surface area contributed by atoms with Crippen LogP contribution in [-0.2, 0) is 11.3 Å². The van der Waals surface area contributed by atoms with E-state index in [4.69, 9.17) is 9.72 Å². The van der Waals surface area contributed by atoms with Crippen LogP contribution in [0.15, 0.2) is 28.6 Å². The van der Waals surface area contributed by atoms with Crippen molar-refractivity contribution in [1.29, 1.82) is 0 Å². The molecule has 1 fully saturated rings. The number of hydrogen-bond donors (Lipinski definition) is 1. The summed E-state index contributed by atoms with van der Waals surface area (Å²) in [6, 6.07) is 1.97. The minimum atomic E-state index is -0.0796. The van der Waals surface area contributed by atoms with Gasteiger partial charge in [0.2, 0.25) is 0 Å². The summed E-state index contributed by atoms with van der Waals surface area (Å²) in [5, 5.41) is 6.43. The summed E-state index contributed by atoms with van der Waals surface area (Å²) in [4.78, 5) is 31.7. The maximum absolute atomic E-state index is 13.6. The lowest BCUT2D eigenvalue weighted by molar-refractivity contribution is 0.0720. The Bertz CT molecular complexity index is 1190. The monoisotopic (exact) mass is 483 g/mol. The molecule has 1 N–H and O–H groups in total. The summed E-state index contributed by atoms with van der Waals surface area (Å²) >= 11 is 1.61. The second kappa shape index (κ2) is 10.1. The largest absolute Gasteiger partial charge is 0.374 e. The molecule has 0 aromatic carbocycles. The summed E-state index contributed by atoms with van der Waals surface area (Å²) in [6.07, 6.45) is 3.57. The van der Waals surface area contributed by atoms with Crippen LogP contribution in [0.25, 0.3) is 11.4 Å². The van der Waals surface area contributed by atoms with Crippen LogP contribution in [0, 0.1) is 13.8 Å². The van der Waals surface area contributed by atoms with E-state index in [2.05, 4.69) is 20.2 Å². The zero-order valence-electron chi connectivity index (χ0n) is 20.7. The van der Waals surface area contributed by atoms with Gasteiger partial charge in [0.15, 0.2) is 5.13 Å². The average molecular weight is 484 g/mol. The Labute approximate surface area is 204 Å². The molecule has 1 saturated heterocycles. The molecule has 3 aromatic rings. The fraction of sp³-hybridized carbons (Fsp3) is 0.500. The van der Waals surface area contributed by atoms with Gasteiger partial charge in [-0.1, -0.05) is 0 Å².